The van der Waals surface area contributed by atoms with Crippen LogP contribution in [0.2, 0.25) is 0 Å². The molecule has 116 valence electrons. The van der Waals surface area contributed by atoms with Gasteiger partial charge in [-0.1, -0.05) is 0 Å². The van der Waals surface area contributed by atoms with Crippen LogP contribution in [0.4, 0.5) is 0 Å². The molecular weight excluding hydrogens is 272 g/mol. The van der Waals surface area contributed by atoms with Gasteiger partial charge in [0.05, 0.1) is 12.2 Å². The Kier molecular flexibility index (Phi) is 5.76. The summed E-state index contributed by atoms with van der Waals surface area (Å²) in [5.41, 5.74) is 0.668. The molecule has 0 bridgehead atoms. The number of ether oxygens (including phenoxy) is 3. The van der Waals surface area contributed by atoms with Crippen molar-refractivity contribution in [2.45, 2.75) is 40.2 Å². The number of aryl methyl sites for hydroxylation is 1. The standard InChI is InChI=1S/C16H22O5/c1-6-19-14(17)10-20-12-7-8-13(11(2)9-12)15(18)21-16(3,4)5/h7-9H,6,10H2,1-5H3. The molecular formula is C16H22O5. The number of rotatable bonds is 5. The molecule has 1 aromatic rings. The first-order chi connectivity index (χ1) is 9.73. The SMILES string of the molecule is CCOC(=O)COc1ccc(C(=O)OC(C)(C)C)c(C)c1. The second-order valence-corrected chi connectivity index (χ2v) is 5.57. The minimum atomic E-state index is -0.539. The average molecular weight is 294 g/mol. The third-order valence-corrected chi connectivity index (χ3v) is 2.48. The number of hydrogen-bond donors (Lipinski definition) is 0. The van der Waals surface area contributed by atoms with Gasteiger partial charge < -0.3 is 14.2 Å². The van der Waals surface area contributed by atoms with E-state index >= 15 is 0 Å². The lowest BCUT2D eigenvalue weighted by molar-refractivity contribution is -0.145. The molecule has 0 atom stereocenters. The van der Waals surface area contributed by atoms with Gasteiger partial charge >= 0.3 is 11.9 Å². The van der Waals surface area contributed by atoms with E-state index in [4.69, 9.17) is 14.2 Å². The highest BCUT2D eigenvalue weighted by molar-refractivity contribution is 5.91. The molecule has 0 aliphatic heterocycles. The van der Waals surface area contributed by atoms with Crippen LogP contribution in [0.3, 0.4) is 0 Å². The molecule has 1 rings (SSSR count). The van der Waals surface area contributed by atoms with E-state index in [1.165, 1.54) is 0 Å². The number of hydrogen-bond acceptors (Lipinski definition) is 5. The lowest BCUT2D eigenvalue weighted by Crippen LogP contribution is -2.24. The van der Waals surface area contributed by atoms with Crippen LogP contribution in [0.15, 0.2) is 18.2 Å². The van der Waals surface area contributed by atoms with E-state index in [2.05, 4.69) is 0 Å². The van der Waals surface area contributed by atoms with Gasteiger partial charge in [-0.05, 0) is 58.4 Å². The Labute approximate surface area is 125 Å². The van der Waals surface area contributed by atoms with Gasteiger partial charge in [0.15, 0.2) is 6.61 Å². The number of esters is 2. The van der Waals surface area contributed by atoms with E-state index in [-0.39, 0.29) is 12.6 Å². The van der Waals surface area contributed by atoms with E-state index in [9.17, 15) is 9.59 Å². The maximum atomic E-state index is 12.0. The Morgan fingerprint density at radius 1 is 1.19 bits per heavy atom. The third kappa shape index (κ3) is 5.85. The van der Waals surface area contributed by atoms with Crippen LogP contribution in [0.1, 0.15) is 43.6 Å². The molecule has 0 aliphatic carbocycles. The number of benzene rings is 1. The fourth-order valence-corrected chi connectivity index (χ4v) is 1.63. The van der Waals surface area contributed by atoms with E-state index < -0.39 is 11.6 Å². The van der Waals surface area contributed by atoms with Crippen LogP contribution >= 0.6 is 0 Å². The molecule has 0 fully saturated rings. The van der Waals surface area contributed by atoms with Crippen LogP contribution < -0.4 is 4.74 Å². The Morgan fingerprint density at radius 2 is 1.86 bits per heavy atom. The average Bonchev–Trinajstić information content (AvgIpc) is 2.34. The van der Waals surface area contributed by atoms with Crippen molar-refractivity contribution < 1.29 is 23.8 Å². The van der Waals surface area contributed by atoms with Crippen LogP contribution in [0.25, 0.3) is 0 Å². The Morgan fingerprint density at radius 3 is 2.38 bits per heavy atom. The lowest BCUT2D eigenvalue weighted by atomic mass is 10.1. The smallest absolute Gasteiger partial charge is 0.344 e. The summed E-state index contributed by atoms with van der Waals surface area (Å²) in [4.78, 5) is 23.2. The molecule has 0 spiro atoms. The largest absolute Gasteiger partial charge is 0.482 e. The number of carbonyl (C=O) groups is 2. The predicted molar refractivity (Wildman–Crippen MR) is 78.5 cm³/mol. The molecule has 0 heterocycles. The second-order valence-electron chi connectivity index (χ2n) is 5.57. The van der Waals surface area contributed by atoms with Crippen molar-refractivity contribution in [1.29, 1.82) is 0 Å². The van der Waals surface area contributed by atoms with Crippen molar-refractivity contribution in [1.82, 2.24) is 0 Å². The van der Waals surface area contributed by atoms with Gasteiger partial charge in [0.25, 0.3) is 0 Å². The fraction of sp³-hybridized carbons (Fsp3) is 0.500. The van der Waals surface area contributed by atoms with Gasteiger partial charge in [0.1, 0.15) is 11.4 Å². The Bertz CT molecular complexity index is 514. The fourth-order valence-electron chi connectivity index (χ4n) is 1.63. The maximum absolute atomic E-state index is 12.0. The molecule has 1 aromatic carbocycles. The zero-order chi connectivity index (χ0) is 16.0. The van der Waals surface area contributed by atoms with Gasteiger partial charge in [-0.2, -0.15) is 0 Å². The summed E-state index contributed by atoms with van der Waals surface area (Å²) in [5, 5.41) is 0. The van der Waals surface area contributed by atoms with E-state index in [1.54, 1.807) is 32.0 Å². The van der Waals surface area contributed by atoms with Gasteiger partial charge in [-0.3, -0.25) is 0 Å². The molecule has 0 unspecified atom stereocenters. The number of carbonyl (C=O) groups excluding carboxylic acids is 2. The summed E-state index contributed by atoms with van der Waals surface area (Å²) in [5.74, 6) is -0.295. The molecule has 0 aliphatic rings. The summed E-state index contributed by atoms with van der Waals surface area (Å²) < 4.78 is 15.4. The monoisotopic (exact) mass is 294 g/mol. The summed E-state index contributed by atoms with van der Waals surface area (Å²) in [6, 6.07) is 4.95. The summed E-state index contributed by atoms with van der Waals surface area (Å²) in [6.45, 7) is 9.14. The van der Waals surface area contributed by atoms with Gasteiger partial charge in [0.2, 0.25) is 0 Å². The molecule has 0 saturated carbocycles. The van der Waals surface area contributed by atoms with Crippen LogP contribution in [0, 0.1) is 6.92 Å². The zero-order valence-electron chi connectivity index (χ0n) is 13.2. The first-order valence-electron chi connectivity index (χ1n) is 6.85. The molecule has 21 heavy (non-hydrogen) atoms. The van der Waals surface area contributed by atoms with Crippen LogP contribution in [0.5, 0.6) is 5.75 Å². The zero-order valence-corrected chi connectivity index (χ0v) is 13.2. The highest BCUT2D eigenvalue weighted by Gasteiger charge is 2.19. The van der Waals surface area contributed by atoms with E-state index in [1.807, 2.05) is 20.8 Å². The highest BCUT2D eigenvalue weighted by Crippen LogP contribution is 2.20. The molecule has 0 radical (unpaired) electrons. The first-order valence-corrected chi connectivity index (χ1v) is 6.85. The summed E-state index contributed by atoms with van der Waals surface area (Å²) in [7, 11) is 0. The van der Waals surface area contributed by atoms with Crippen molar-refractivity contribution >= 4 is 11.9 Å². The van der Waals surface area contributed by atoms with Crippen molar-refractivity contribution in [3.05, 3.63) is 29.3 Å². The van der Waals surface area contributed by atoms with Gasteiger partial charge in [-0.25, -0.2) is 9.59 Å². The minimum Gasteiger partial charge on any atom is -0.482 e. The molecule has 0 amide bonds. The van der Waals surface area contributed by atoms with Crippen molar-refractivity contribution in [3.8, 4) is 5.75 Å². The summed E-state index contributed by atoms with van der Waals surface area (Å²) in [6.07, 6.45) is 0. The molecule has 5 heteroatoms. The summed E-state index contributed by atoms with van der Waals surface area (Å²) >= 11 is 0. The quantitative estimate of drug-likeness (QED) is 0.781. The van der Waals surface area contributed by atoms with Crippen molar-refractivity contribution in [3.63, 3.8) is 0 Å². The van der Waals surface area contributed by atoms with Gasteiger partial charge in [-0.15, -0.1) is 0 Å². The molecule has 0 N–H and O–H groups in total. The van der Waals surface area contributed by atoms with E-state index in [0.29, 0.717) is 17.9 Å². The molecule has 0 aromatic heterocycles. The topological polar surface area (TPSA) is 61.8 Å². The first kappa shape index (κ1) is 17.0. The lowest BCUT2D eigenvalue weighted by Gasteiger charge is -2.20. The predicted octanol–water partition coefficient (Wildman–Crippen LogP) is 2.89. The maximum Gasteiger partial charge on any atom is 0.344 e. The Hall–Kier alpha value is -2.04. The van der Waals surface area contributed by atoms with Crippen molar-refractivity contribution in [2.75, 3.05) is 13.2 Å². The second kappa shape index (κ2) is 7.11. The molecule has 5 nitrogen and oxygen atoms in total. The van der Waals surface area contributed by atoms with Crippen molar-refractivity contribution in [2.24, 2.45) is 0 Å². The third-order valence-electron chi connectivity index (χ3n) is 2.48. The van der Waals surface area contributed by atoms with Crippen LogP contribution in [-0.2, 0) is 14.3 Å². The Balaban J connectivity index is 2.72. The normalized spacial score (nSPS) is 10.9. The van der Waals surface area contributed by atoms with E-state index in [0.717, 1.165) is 5.56 Å². The van der Waals surface area contributed by atoms with Gasteiger partial charge in [0, 0.05) is 0 Å². The molecule has 0 saturated heterocycles. The minimum absolute atomic E-state index is 0.154. The highest BCUT2D eigenvalue weighted by atomic mass is 16.6. The van der Waals surface area contributed by atoms with Crippen LogP contribution in [-0.4, -0.2) is 30.8 Å².